The summed E-state index contributed by atoms with van der Waals surface area (Å²) in [5.41, 5.74) is 2.72. The van der Waals surface area contributed by atoms with Gasteiger partial charge in [0, 0.05) is 34.4 Å². The molecule has 6 heteroatoms. The van der Waals surface area contributed by atoms with Gasteiger partial charge in [-0.3, -0.25) is 9.59 Å². The van der Waals surface area contributed by atoms with Gasteiger partial charge in [-0.1, -0.05) is 60.3 Å². The first-order chi connectivity index (χ1) is 17.0. The van der Waals surface area contributed by atoms with E-state index in [4.69, 9.17) is 4.74 Å². The molecular formula is C29H25NO4S. The van der Waals surface area contributed by atoms with E-state index in [1.54, 1.807) is 6.07 Å². The number of amides is 1. The molecule has 0 aliphatic heterocycles. The number of esters is 1. The number of benzene rings is 4. The average Bonchev–Trinajstić information content (AvgIpc) is 2.88. The maximum absolute atomic E-state index is 13.1. The van der Waals surface area contributed by atoms with Gasteiger partial charge in [0.15, 0.2) is 5.78 Å². The number of methoxy groups -OCH3 is 1. The van der Waals surface area contributed by atoms with Gasteiger partial charge < -0.3 is 10.1 Å². The van der Waals surface area contributed by atoms with Gasteiger partial charge in [-0.05, 0) is 59.2 Å². The Morgan fingerprint density at radius 3 is 2.34 bits per heavy atom. The van der Waals surface area contributed by atoms with Crippen molar-refractivity contribution in [1.82, 2.24) is 5.32 Å². The monoisotopic (exact) mass is 483 g/mol. The topological polar surface area (TPSA) is 72.5 Å². The van der Waals surface area contributed by atoms with Crippen LogP contribution < -0.4 is 5.32 Å². The van der Waals surface area contributed by atoms with Crippen molar-refractivity contribution in [3.05, 3.63) is 107 Å². The molecule has 0 atom stereocenters. The van der Waals surface area contributed by atoms with Crippen LogP contribution in [-0.4, -0.2) is 31.3 Å². The van der Waals surface area contributed by atoms with Crippen LogP contribution in [-0.2, 0) is 16.0 Å². The van der Waals surface area contributed by atoms with Gasteiger partial charge in [0.1, 0.15) is 0 Å². The van der Waals surface area contributed by atoms with E-state index in [9.17, 15) is 14.4 Å². The maximum atomic E-state index is 13.1. The molecule has 0 saturated carbocycles. The lowest BCUT2D eigenvalue weighted by Crippen LogP contribution is -2.22. The highest BCUT2D eigenvalue weighted by Gasteiger charge is 2.15. The molecule has 0 aliphatic carbocycles. The van der Waals surface area contributed by atoms with E-state index in [1.807, 2.05) is 72.8 Å². The van der Waals surface area contributed by atoms with Gasteiger partial charge in [-0.25, -0.2) is 4.79 Å². The van der Waals surface area contributed by atoms with Gasteiger partial charge in [-0.2, -0.15) is 0 Å². The molecule has 5 nitrogen and oxygen atoms in total. The average molecular weight is 484 g/mol. The van der Waals surface area contributed by atoms with E-state index < -0.39 is 0 Å². The second kappa shape index (κ2) is 11.0. The summed E-state index contributed by atoms with van der Waals surface area (Å²) in [5.74, 6) is -0.519. The van der Waals surface area contributed by atoms with E-state index in [0.29, 0.717) is 29.7 Å². The normalized spacial score (nSPS) is 10.7. The van der Waals surface area contributed by atoms with Crippen molar-refractivity contribution in [3.8, 4) is 0 Å². The van der Waals surface area contributed by atoms with E-state index in [-0.39, 0.29) is 17.7 Å². The number of ketones is 1. The van der Waals surface area contributed by atoms with Crippen molar-refractivity contribution in [2.45, 2.75) is 23.1 Å². The Hall–Kier alpha value is -3.90. The molecule has 0 spiro atoms. The molecule has 4 aromatic carbocycles. The molecule has 176 valence electrons. The molecule has 0 unspecified atom stereocenters. The molecule has 0 aliphatic rings. The summed E-state index contributed by atoms with van der Waals surface area (Å²) in [7, 11) is 1.37. The Morgan fingerprint density at radius 2 is 1.60 bits per heavy atom. The number of hydrogen-bond donors (Lipinski definition) is 1. The zero-order chi connectivity index (χ0) is 24.8. The number of nitrogens with one attached hydrogen (secondary N) is 1. The number of hydrogen-bond acceptors (Lipinski definition) is 5. The van der Waals surface area contributed by atoms with Gasteiger partial charge in [-0.15, -0.1) is 0 Å². The Kier molecular flexibility index (Phi) is 7.63. The lowest BCUT2D eigenvalue weighted by Gasteiger charge is -2.13. The first-order valence-corrected chi connectivity index (χ1v) is 12.0. The molecule has 4 rings (SSSR count). The van der Waals surface area contributed by atoms with E-state index in [0.717, 1.165) is 26.1 Å². The minimum Gasteiger partial charge on any atom is -0.465 e. The standard InChI is InChI=1S/C29H25NO4S/c1-19(31)30-15-14-22-17-23(28(32)20-8-4-3-5-9-20)16-21-12-13-24(18-26(21)22)35-27-11-7-6-10-25(27)29(33)34-2/h3-13,16-18H,14-15H2,1-2H3,(H,30,31). The Bertz CT molecular complexity index is 1400. The summed E-state index contributed by atoms with van der Waals surface area (Å²) in [5, 5.41) is 4.78. The molecule has 0 fully saturated rings. The van der Waals surface area contributed by atoms with Crippen LogP contribution in [0.4, 0.5) is 0 Å². The van der Waals surface area contributed by atoms with Crippen molar-refractivity contribution in [2.75, 3.05) is 13.7 Å². The van der Waals surface area contributed by atoms with Crippen LogP contribution in [0.1, 0.15) is 38.8 Å². The van der Waals surface area contributed by atoms with Gasteiger partial charge in [0.05, 0.1) is 12.7 Å². The van der Waals surface area contributed by atoms with Gasteiger partial charge in [0.25, 0.3) is 0 Å². The molecule has 4 aromatic rings. The molecule has 0 heterocycles. The van der Waals surface area contributed by atoms with Crippen LogP contribution in [0.5, 0.6) is 0 Å². The first-order valence-electron chi connectivity index (χ1n) is 11.2. The third-order valence-corrected chi connectivity index (χ3v) is 6.66. The smallest absolute Gasteiger partial charge is 0.339 e. The summed E-state index contributed by atoms with van der Waals surface area (Å²) in [6, 6.07) is 26.4. The highest BCUT2D eigenvalue weighted by atomic mass is 32.2. The fourth-order valence-electron chi connectivity index (χ4n) is 3.91. The van der Waals surface area contributed by atoms with Gasteiger partial charge >= 0.3 is 5.97 Å². The number of ether oxygens (including phenoxy) is 1. The Labute approximate surface area is 208 Å². The van der Waals surface area contributed by atoms with Crippen LogP contribution in [0.3, 0.4) is 0 Å². The number of fused-ring (bicyclic) bond motifs is 1. The summed E-state index contributed by atoms with van der Waals surface area (Å²) in [6.07, 6.45) is 0.582. The minimum absolute atomic E-state index is 0.0428. The second-order valence-corrected chi connectivity index (χ2v) is 9.15. The summed E-state index contributed by atoms with van der Waals surface area (Å²) in [4.78, 5) is 38.5. The predicted octanol–water partition coefficient (Wildman–Crippen LogP) is 5.69. The lowest BCUT2D eigenvalue weighted by atomic mass is 9.95. The first kappa shape index (κ1) is 24.2. The number of carbonyl (C=O) groups excluding carboxylic acids is 3. The third kappa shape index (κ3) is 5.78. The molecule has 1 amide bonds. The van der Waals surface area contributed by atoms with Crippen LogP contribution >= 0.6 is 11.8 Å². The van der Waals surface area contributed by atoms with Crippen molar-refractivity contribution in [1.29, 1.82) is 0 Å². The number of carbonyl (C=O) groups is 3. The van der Waals surface area contributed by atoms with E-state index in [2.05, 4.69) is 11.4 Å². The summed E-state index contributed by atoms with van der Waals surface area (Å²) in [6.45, 7) is 1.96. The fraction of sp³-hybridized carbons (Fsp3) is 0.138. The SMILES string of the molecule is COC(=O)c1ccccc1Sc1ccc2cc(C(=O)c3ccccc3)cc(CCNC(C)=O)c2c1. The Balaban J connectivity index is 1.74. The molecule has 0 radical (unpaired) electrons. The zero-order valence-corrected chi connectivity index (χ0v) is 20.4. The van der Waals surface area contributed by atoms with Crippen molar-refractivity contribution < 1.29 is 19.1 Å². The summed E-state index contributed by atoms with van der Waals surface area (Å²) < 4.78 is 4.92. The molecule has 1 N–H and O–H groups in total. The third-order valence-electron chi connectivity index (χ3n) is 5.60. The van der Waals surface area contributed by atoms with Crippen molar-refractivity contribution >= 4 is 40.2 Å². The van der Waals surface area contributed by atoms with Crippen molar-refractivity contribution in [3.63, 3.8) is 0 Å². The second-order valence-electron chi connectivity index (χ2n) is 8.04. The van der Waals surface area contributed by atoms with E-state index in [1.165, 1.54) is 25.8 Å². The maximum Gasteiger partial charge on any atom is 0.339 e. The van der Waals surface area contributed by atoms with Crippen molar-refractivity contribution in [2.24, 2.45) is 0 Å². The number of rotatable bonds is 8. The molecule has 35 heavy (non-hydrogen) atoms. The van der Waals surface area contributed by atoms with Crippen LogP contribution in [0.15, 0.2) is 94.7 Å². The van der Waals surface area contributed by atoms with Crippen LogP contribution in [0.2, 0.25) is 0 Å². The van der Waals surface area contributed by atoms with Crippen LogP contribution in [0.25, 0.3) is 10.8 Å². The summed E-state index contributed by atoms with van der Waals surface area (Å²) >= 11 is 1.48. The zero-order valence-electron chi connectivity index (χ0n) is 19.5. The predicted molar refractivity (Wildman–Crippen MR) is 138 cm³/mol. The minimum atomic E-state index is -0.381. The fourth-order valence-corrected chi connectivity index (χ4v) is 4.88. The molecule has 0 aromatic heterocycles. The Morgan fingerprint density at radius 1 is 0.857 bits per heavy atom. The lowest BCUT2D eigenvalue weighted by molar-refractivity contribution is -0.118. The van der Waals surface area contributed by atoms with Gasteiger partial charge in [0.2, 0.25) is 5.91 Å². The molecule has 0 saturated heterocycles. The van der Waals surface area contributed by atoms with E-state index >= 15 is 0 Å². The molecular weight excluding hydrogens is 458 g/mol. The molecule has 0 bridgehead atoms. The highest BCUT2D eigenvalue weighted by molar-refractivity contribution is 7.99. The van der Waals surface area contributed by atoms with Crippen LogP contribution in [0, 0.1) is 0 Å². The quantitative estimate of drug-likeness (QED) is 0.258. The highest BCUT2D eigenvalue weighted by Crippen LogP contribution is 2.34. The largest absolute Gasteiger partial charge is 0.465 e.